The first-order valence-corrected chi connectivity index (χ1v) is 12.6. The van der Waals surface area contributed by atoms with Gasteiger partial charge in [-0.05, 0) is 73.1 Å². The second-order valence-electron chi connectivity index (χ2n) is 10.1. The number of hydrogen-bond acceptors (Lipinski definition) is 1. The predicted octanol–water partition coefficient (Wildman–Crippen LogP) is 8.41. The average Bonchev–Trinajstić information content (AvgIpc) is 3.23. The summed E-state index contributed by atoms with van der Waals surface area (Å²) in [5.41, 5.74) is 10.7. The fraction of sp³-hybridized carbons (Fsp3) is 0.281. The molecule has 2 heterocycles. The minimum absolute atomic E-state index is 0.726. The summed E-state index contributed by atoms with van der Waals surface area (Å²) in [4.78, 5) is 0. The fourth-order valence-electron chi connectivity index (χ4n) is 5.87. The van der Waals surface area contributed by atoms with Crippen molar-refractivity contribution >= 4 is 21.9 Å². The highest BCUT2D eigenvalue weighted by atomic mass is 16.3. The third-order valence-corrected chi connectivity index (χ3v) is 7.70. The summed E-state index contributed by atoms with van der Waals surface area (Å²) in [7, 11) is 2.10. The fourth-order valence-corrected chi connectivity index (χ4v) is 5.87. The van der Waals surface area contributed by atoms with Crippen molar-refractivity contribution in [2.45, 2.75) is 51.9 Å². The third-order valence-electron chi connectivity index (χ3n) is 7.70. The molecule has 1 fully saturated rings. The van der Waals surface area contributed by atoms with E-state index in [1.165, 1.54) is 82.0 Å². The first-order chi connectivity index (χ1) is 16.6. The van der Waals surface area contributed by atoms with Crippen molar-refractivity contribution in [1.29, 1.82) is 0 Å². The van der Waals surface area contributed by atoms with Crippen LogP contribution in [0.2, 0.25) is 0 Å². The number of fused-ring (bicyclic) bond motifs is 3. The zero-order valence-electron chi connectivity index (χ0n) is 20.4. The van der Waals surface area contributed by atoms with Crippen LogP contribution in [0.3, 0.4) is 0 Å². The quantitative estimate of drug-likeness (QED) is 0.254. The molecule has 0 bridgehead atoms. The summed E-state index contributed by atoms with van der Waals surface area (Å²) in [5.74, 6) is 0.726. The van der Waals surface area contributed by atoms with Crippen LogP contribution >= 0.6 is 0 Å². The van der Waals surface area contributed by atoms with Crippen LogP contribution in [0.15, 0.2) is 77.3 Å². The summed E-state index contributed by atoms with van der Waals surface area (Å²) in [6.45, 7) is 4.36. The molecule has 0 spiro atoms. The molecule has 34 heavy (non-hydrogen) atoms. The van der Waals surface area contributed by atoms with E-state index in [2.05, 4.69) is 98.4 Å². The first kappa shape index (κ1) is 21.2. The van der Waals surface area contributed by atoms with Gasteiger partial charge in [-0.15, -0.1) is 0 Å². The second-order valence-corrected chi connectivity index (χ2v) is 10.1. The van der Waals surface area contributed by atoms with Gasteiger partial charge in [0.2, 0.25) is 5.69 Å². The first-order valence-electron chi connectivity index (χ1n) is 12.6. The Bertz CT molecular complexity index is 1500. The number of rotatable bonds is 3. The van der Waals surface area contributed by atoms with Crippen LogP contribution in [0, 0.1) is 13.8 Å². The third kappa shape index (κ3) is 3.53. The van der Waals surface area contributed by atoms with E-state index in [-0.39, 0.29) is 0 Å². The SMILES string of the molecule is Cc1cc(-c2ccc(C3CCCCC3)cc2)c2oc3c(-c4cccc[n+]4C)c(C)ccc3c2c1. The van der Waals surface area contributed by atoms with E-state index in [0.29, 0.717) is 0 Å². The van der Waals surface area contributed by atoms with Crippen molar-refractivity contribution in [1.82, 2.24) is 0 Å². The monoisotopic (exact) mass is 446 g/mol. The zero-order valence-corrected chi connectivity index (χ0v) is 20.4. The zero-order chi connectivity index (χ0) is 23.2. The molecule has 0 saturated heterocycles. The number of nitrogens with zero attached hydrogens (tertiary/aromatic N) is 1. The lowest BCUT2D eigenvalue weighted by atomic mass is 9.83. The lowest BCUT2D eigenvalue weighted by molar-refractivity contribution is -0.660. The molecule has 6 rings (SSSR count). The van der Waals surface area contributed by atoms with E-state index < -0.39 is 0 Å². The number of hydrogen-bond donors (Lipinski definition) is 0. The van der Waals surface area contributed by atoms with Gasteiger partial charge in [0, 0.05) is 28.5 Å². The Morgan fingerprint density at radius 3 is 2.35 bits per heavy atom. The van der Waals surface area contributed by atoms with Crippen LogP contribution < -0.4 is 4.57 Å². The van der Waals surface area contributed by atoms with Gasteiger partial charge in [-0.3, -0.25) is 0 Å². The van der Waals surface area contributed by atoms with E-state index in [1.807, 2.05) is 0 Å². The summed E-state index contributed by atoms with van der Waals surface area (Å²) >= 11 is 0. The number of furan rings is 1. The van der Waals surface area contributed by atoms with Crippen LogP contribution in [0.1, 0.15) is 54.7 Å². The minimum Gasteiger partial charge on any atom is -0.454 e. The lowest BCUT2D eigenvalue weighted by Crippen LogP contribution is -2.30. The van der Waals surface area contributed by atoms with Gasteiger partial charge in [-0.1, -0.05) is 55.7 Å². The van der Waals surface area contributed by atoms with Gasteiger partial charge < -0.3 is 4.42 Å². The summed E-state index contributed by atoms with van der Waals surface area (Å²) < 4.78 is 8.92. The molecule has 5 aromatic rings. The van der Waals surface area contributed by atoms with Crippen molar-refractivity contribution in [3.05, 3.63) is 89.6 Å². The van der Waals surface area contributed by atoms with Crippen molar-refractivity contribution in [3.8, 4) is 22.4 Å². The van der Waals surface area contributed by atoms with Crippen molar-refractivity contribution in [3.63, 3.8) is 0 Å². The maximum atomic E-state index is 6.75. The Labute approximate surface area is 201 Å². The normalized spacial score (nSPS) is 14.8. The molecule has 1 aliphatic carbocycles. The van der Waals surface area contributed by atoms with Gasteiger partial charge >= 0.3 is 0 Å². The standard InChI is InChI=1S/C32H32NO/c1-21-19-27(25-15-13-24(14-16-25)23-9-5-4-6-10-23)31-28(20-21)26-17-12-22(2)30(32(26)34-31)29-11-7-8-18-33(29)3/h7-8,11-20,23H,4-6,9-10H2,1-3H3/q+1. The van der Waals surface area contributed by atoms with E-state index in [1.54, 1.807) is 0 Å². The second kappa shape index (κ2) is 8.43. The van der Waals surface area contributed by atoms with E-state index in [4.69, 9.17) is 4.42 Å². The van der Waals surface area contributed by atoms with Gasteiger partial charge in [0.15, 0.2) is 6.20 Å². The molecule has 0 atom stereocenters. The molecule has 2 aromatic heterocycles. The number of aryl methyl sites for hydroxylation is 3. The van der Waals surface area contributed by atoms with Crippen LogP contribution in [0.5, 0.6) is 0 Å². The van der Waals surface area contributed by atoms with Crippen LogP contribution in [0.4, 0.5) is 0 Å². The number of pyridine rings is 1. The van der Waals surface area contributed by atoms with E-state index >= 15 is 0 Å². The van der Waals surface area contributed by atoms with Gasteiger partial charge in [0.1, 0.15) is 18.2 Å². The Hall–Kier alpha value is -3.39. The van der Waals surface area contributed by atoms with Crippen molar-refractivity contribution in [2.75, 3.05) is 0 Å². The van der Waals surface area contributed by atoms with Crippen molar-refractivity contribution in [2.24, 2.45) is 7.05 Å². The predicted molar refractivity (Wildman–Crippen MR) is 141 cm³/mol. The van der Waals surface area contributed by atoms with Crippen molar-refractivity contribution < 1.29 is 8.98 Å². The summed E-state index contributed by atoms with van der Waals surface area (Å²) in [6.07, 6.45) is 8.88. The summed E-state index contributed by atoms with van der Waals surface area (Å²) in [6, 6.07) is 24.6. The number of aromatic nitrogens is 1. The Morgan fingerprint density at radius 1 is 0.794 bits per heavy atom. The Balaban J connectivity index is 1.54. The summed E-state index contributed by atoms with van der Waals surface area (Å²) in [5, 5.41) is 2.38. The molecule has 2 nitrogen and oxygen atoms in total. The van der Waals surface area contributed by atoms with Gasteiger partial charge in [0.25, 0.3) is 0 Å². The molecule has 3 aromatic carbocycles. The smallest absolute Gasteiger partial charge is 0.216 e. The largest absolute Gasteiger partial charge is 0.454 e. The number of benzene rings is 3. The molecule has 1 saturated carbocycles. The molecule has 0 N–H and O–H groups in total. The highest BCUT2D eigenvalue weighted by molar-refractivity contribution is 6.13. The maximum Gasteiger partial charge on any atom is 0.216 e. The molecular weight excluding hydrogens is 414 g/mol. The maximum absolute atomic E-state index is 6.75. The van der Waals surface area contributed by atoms with Crippen LogP contribution in [-0.2, 0) is 7.05 Å². The topological polar surface area (TPSA) is 17.0 Å². The van der Waals surface area contributed by atoms with Crippen LogP contribution in [0.25, 0.3) is 44.3 Å². The molecule has 0 amide bonds. The lowest BCUT2D eigenvalue weighted by Gasteiger charge is -2.22. The van der Waals surface area contributed by atoms with Gasteiger partial charge in [-0.2, -0.15) is 0 Å². The molecule has 170 valence electrons. The molecule has 0 radical (unpaired) electrons. The van der Waals surface area contributed by atoms with Gasteiger partial charge in [-0.25, -0.2) is 4.57 Å². The van der Waals surface area contributed by atoms with Crippen LogP contribution in [-0.4, -0.2) is 0 Å². The average molecular weight is 447 g/mol. The van der Waals surface area contributed by atoms with E-state index in [0.717, 1.165) is 17.1 Å². The van der Waals surface area contributed by atoms with E-state index in [9.17, 15) is 0 Å². The molecule has 1 aliphatic rings. The molecule has 0 unspecified atom stereocenters. The molecular formula is C32H32NO+. The minimum atomic E-state index is 0.726. The Morgan fingerprint density at radius 2 is 1.59 bits per heavy atom. The molecule has 0 aliphatic heterocycles. The highest BCUT2D eigenvalue weighted by Gasteiger charge is 2.22. The molecule has 2 heteroatoms. The highest BCUT2D eigenvalue weighted by Crippen LogP contribution is 2.41. The Kier molecular flexibility index (Phi) is 5.25. The van der Waals surface area contributed by atoms with Gasteiger partial charge in [0.05, 0.1) is 5.56 Å².